The fourth-order valence-electron chi connectivity index (χ4n) is 3.80. The number of phenols is 2. The molecule has 0 aliphatic carbocycles. The monoisotopic (exact) mass is 382 g/mol. The van der Waals surface area contributed by atoms with Crippen LogP contribution in [0.2, 0.25) is 0 Å². The minimum Gasteiger partial charge on any atom is -0.508 e. The molecule has 0 spiro atoms. The second kappa shape index (κ2) is 14.1. The van der Waals surface area contributed by atoms with Crippen LogP contribution in [0.4, 0.5) is 0 Å². The molecule has 2 aromatic rings. The number of hydrogen-bond donors (Lipinski definition) is 2. The van der Waals surface area contributed by atoms with E-state index >= 15 is 0 Å². The van der Waals surface area contributed by atoms with Crippen molar-refractivity contribution in [1.29, 1.82) is 0 Å². The number of para-hydroxylation sites is 1. The molecule has 2 heteroatoms. The number of phenolic OH excluding ortho intramolecular Hbond substituents is 2. The summed E-state index contributed by atoms with van der Waals surface area (Å²) in [6.07, 6.45) is 18.1. The molecule has 0 aliphatic rings. The van der Waals surface area contributed by atoms with E-state index in [2.05, 4.69) is 0 Å². The van der Waals surface area contributed by atoms with Gasteiger partial charge in [0, 0.05) is 0 Å². The average Bonchev–Trinajstić information content (AvgIpc) is 2.71. The third-order valence-electron chi connectivity index (χ3n) is 5.59. The molecule has 154 valence electrons. The fraction of sp³-hybridized carbons (Fsp3) is 0.538. The quantitative estimate of drug-likeness (QED) is 0.312. The number of aryl methyl sites for hydroxylation is 2. The summed E-state index contributed by atoms with van der Waals surface area (Å²) in [5, 5.41) is 19.0. The van der Waals surface area contributed by atoms with Gasteiger partial charge in [0.1, 0.15) is 11.5 Å². The van der Waals surface area contributed by atoms with Crippen molar-refractivity contribution in [2.24, 2.45) is 0 Å². The van der Waals surface area contributed by atoms with Gasteiger partial charge < -0.3 is 10.2 Å². The molecular formula is C26H38O2. The van der Waals surface area contributed by atoms with Gasteiger partial charge in [0.05, 0.1) is 0 Å². The molecule has 2 N–H and O–H groups in total. The molecule has 2 rings (SSSR count). The van der Waals surface area contributed by atoms with E-state index in [1.165, 1.54) is 82.6 Å². The first-order valence-corrected chi connectivity index (χ1v) is 11.3. The zero-order chi connectivity index (χ0) is 19.9. The van der Waals surface area contributed by atoms with Crippen molar-refractivity contribution in [2.75, 3.05) is 0 Å². The first-order valence-electron chi connectivity index (χ1n) is 11.3. The molecule has 0 unspecified atom stereocenters. The molecular weight excluding hydrogens is 344 g/mol. The molecule has 28 heavy (non-hydrogen) atoms. The summed E-state index contributed by atoms with van der Waals surface area (Å²) in [7, 11) is 0. The molecule has 0 saturated heterocycles. The van der Waals surface area contributed by atoms with Gasteiger partial charge in [-0.2, -0.15) is 0 Å². The highest BCUT2D eigenvalue weighted by molar-refractivity contribution is 5.31. The SMILES string of the molecule is Oc1ccc(CCCCCCCCCCCCCCc2ccccc2O)cc1. The van der Waals surface area contributed by atoms with Gasteiger partial charge in [0.2, 0.25) is 0 Å². The molecule has 0 bridgehead atoms. The van der Waals surface area contributed by atoms with Crippen LogP contribution in [-0.4, -0.2) is 10.2 Å². The second-order valence-electron chi connectivity index (χ2n) is 8.04. The summed E-state index contributed by atoms with van der Waals surface area (Å²) in [5.74, 6) is 0.805. The number of hydrogen-bond acceptors (Lipinski definition) is 2. The van der Waals surface area contributed by atoms with E-state index in [1.807, 2.05) is 30.3 Å². The van der Waals surface area contributed by atoms with Gasteiger partial charge in [0.15, 0.2) is 0 Å². The van der Waals surface area contributed by atoms with Gasteiger partial charge in [-0.05, 0) is 55.0 Å². The van der Waals surface area contributed by atoms with E-state index in [-0.39, 0.29) is 0 Å². The Balaban J connectivity index is 1.31. The third-order valence-corrected chi connectivity index (χ3v) is 5.59. The molecule has 2 nitrogen and oxygen atoms in total. The molecule has 0 saturated carbocycles. The highest BCUT2D eigenvalue weighted by Gasteiger charge is 1.99. The maximum absolute atomic E-state index is 9.75. The van der Waals surface area contributed by atoms with Gasteiger partial charge in [-0.1, -0.05) is 94.5 Å². The Hall–Kier alpha value is -1.96. The molecule has 0 atom stereocenters. The van der Waals surface area contributed by atoms with Crippen molar-refractivity contribution in [3.63, 3.8) is 0 Å². The van der Waals surface area contributed by atoms with Crippen molar-refractivity contribution < 1.29 is 10.2 Å². The molecule has 0 amide bonds. The van der Waals surface area contributed by atoms with Crippen molar-refractivity contribution in [1.82, 2.24) is 0 Å². The van der Waals surface area contributed by atoms with Crippen molar-refractivity contribution in [3.8, 4) is 11.5 Å². The van der Waals surface area contributed by atoms with Gasteiger partial charge in [0.25, 0.3) is 0 Å². The van der Waals surface area contributed by atoms with Crippen LogP contribution in [0.5, 0.6) is 11.5 Å². The van der Waals surface area contributed by atoms with Crippen molar-refractivity contribution in [2.45, 2.75) is 89.9 Å². The zero-order valence-electron chi connectivity index (χ0n) is 17.4. The van der Waals surface area contributed by atoms with Crippen molar-refractivity contribution in [3.05, 3.63) is 59.7 Å². The predicted octanol–water partition coefficient (Wildman–Crippen LogP) is 7.56. The van der Waals surface area contributed by atoms with E-state index in [0.717, 1.165) is 18.4 Å². The first-order chi connectivity index (χ1) is 13.8. The minimum atomic E-state index is 0.358. The summed E-state index contributed by atoms with van der Waals surface area (Å²) in [4.78, 5) is 0. The second-order valence-corrected chi connectivity index (χ2v) is 8.04. The van der Waals surface area contributed by atoms with Crippen LogP contribution in [0.15, 0.2) is 48.5 Å². The highest BCUT2D eigenvalue weighted by atomic mass is 16.3. The molecule has 0 fully saturated rings. The number of benzene rings is 2. The Bertz CT molecular complexity index is 633. The molecule has 2 aromatic carbocycles. The van der Waals surface area contributed by atoms with Gasteiger partial charge in [-0.15, -0.1) is 0 Å². The number of unbranched alkanes of at least 4 members (excludes halogenated alkanes) is 11. The zero-order valence-corrected chi connectivity index (χ0v) is 17.4. The topological polar surface area (TPSA) is 40.5 Å². The Morgan fingerprint density at radius 3 is 1.46 bits per heavy atom. The summed E-state index contributed by atoms with van der Waals surface area (Å²) in [6, 6.07) is 15.3. The third kappa shape index (κ3) is 9.82. The van der Waals surface area contributed by atoms with E-state index in [1.54, 1.807) is 18.2 Å². The number of rotatable bonds is 15. The van der Waals surface area contributed by atoms with Crippen LogP contribution >= 0.6 is 0 Å². The Labute approximate surface area is 171 Å². The fourth-order valence-corrected chi connectivity index (χ4v) is 3.80. The van der Waals surface area contributed by atoms with E-state index in [0.29, 0.717) is 11.5 Å². The molecule has 0 aromatic heterocycles. The summed E-state index contributed by atoms with van der Waals surface area (Å²) < 4.78 is 0. The first kappa shape index (κ1) is 22.3. The Morgan fingerprint density at radius 1 is 0.464 bits per heavy atom. The van der Waals surface area contributed by atoms with Crippen LogP contribution in [0.3, 0.4) is 0 Å². The molecule has 0 aliphatic heterocycles. The Morgan fingerprint density at radius 2 is 0.929 bits per heavy atom. The highest BCUT2D eigenvalue weighted by Crippen LogP contribution is 2.19. The van der Waals surface area contributed by atoms with Crippen LogP contribution in [0.25, 0.3) is 0 Å². The van der Waals surface area contributed by atoms with Crippen LogP contribution in [0, 0.1) is 0 Å². The molecule has 0 heterocycles. The number of aromatic hydroxyl groups is 2. The van der Waals surface area contributed by atoms with E-state index in [9.17, 15) is 10.2 Å². The maximum Gasteiger partial charge on any atom is 0.118 e. The lowest BCUT2D eigenvalue weighted by molar-refractivity contribution is 0.465. The van der Waals surface area contributed by atoms with Crippen molar-refractivity contribution >= 4 is 0 Å². The maximum atomic E-state index is 9.75. The molecule has 0 radical (unpaired) electrons. The standard InChI is InChI=1S/C26H38O2/c27-25-21-19-23(20-22-25)15-11-9-7-5-3-1-2-4-6-8-10-12-16-24-17-13-14-18-26(24)28/h13-14,17-22,27-28H,1-12,15-16H2. The smallest absolute Gasteiger partial charge is 0.118 e. The average molecular weight is 383 g/mol. The lowest BCUT2D eigenvalue weighted by Crippen LogP contribution is -1.87. The van der Waals surface area contributed by atoms with Gasteiger partial charge >= 0.3 is 0 Å². The normalized spacial score (nSPS) is 11.0. The van der Waals surface area contributed by atoms with Crippen LogP contribution in [0.1, 0.15) is 88.2 Å². The lowest BCUT2D eigenvalue weighted by atomic mass is 10.0. The summed E-state index contributed by atoms with van der Waals surface area (Å²) in [6.45, 7) is 0. The predicted molar refractivity (Wildman–Crippen MR) is 119 cm³/mol. The Kier molecular flexibility index (Phi) is 11.2. The summed E-state index contributed by atoms with van der Waals surface area (Å²) in [5.41, 5.74) is 2.42. The van der Waals surface area contributed by atoms with Gasteiger partial charge in [-0.25, -0.2) is 0 Å². The lowest BCUT2D eigenvalue weighted by Gasteiger charge is -2.05. The minimum absolute atomic E-state index is 0.358. The summed E-state index contributed by atoms with van der Waals surface area (Å²) >= 11 is 0. The van der Waals surface area contributed by atoms with Gasteiger partial charge in [-0.3, -0.25) is 0 Å². The van der Waals surface area contributed by atoms with Crippen LogP contribution in [-0.2, 0) is 12.8 Å². The largest absolute Gasteiger partial charge is 0.508 e. The van der Waals surface area contributed by atoms with Crippen LogP contribution < -0.4 is 0 Å². The van der Waals surface area contributed by atoms with E-state index in [4.69, 9.17) is 0 Å². The van der Waals surface area contributed by atoms with E-state index < -0.39 is 0 Å².